The first kappa shape index (κ1) is 8.37. The van der Waals surface area contributed by atoms with E-state index in [4.69, 9.17) is 11.6 Å². The zero-order chi connectivity index (χ0) is 7.72. The molecular formula is C6H3Br2ClO. The minimum Gasteiger partial charge on any atom is -0.505 e. The Kier molecular flexibility index (Phi) is 2.61. The molecule has 1 aromatic carbocycles. The maximum absolute atomic E-state index is 9.18. The van der Waals surface area contributed by atoms with Crippen LogP contribution in [0.1, 0.15) is 0 Å². The van der Waals surface area contributed by atoms with Crippen LogP contribution in [0.4, 0.5) is 0 Å². The SMILES string of the molecule is Oc1c(Cl)ccc(Br)c1Br. The summed E-state index contributed by atoms with van der Waals surface area (Å²) in [4.78, 5) is 0. The molecule has 0 aliphatic rings. The van der Waals surface area contributed by atoms with Gasteiger partial charge in [0.2, 0.25) is 0 Å². The van der Waals surface area contributed by atoms with Crippen LogP contribution in [0.15, 0.2) is 21.1 Å². The second kappa shape index (κ2) is 3.11. The highest BCUT2D eigenvalue weighted by Crippen LogP contribution is 2.36. The first-order valence-electron chi connectivity index (χ1n) is 2.45. The second-order valence-corrected chi connectivity index (χ2v) is 3.75. The summed E-state index contributed by atoms with van der Waals surface area (Å²) in [5.74, 6) is 0.0658. The molecule has 0 bridgehead atoms. The van der Waals surface area contributed by atoms with Crippen molar-refractivity contribution in [3.8, 4) is 5.75 Å². The van der Waals surface area contributed by atoms with Gasteiger partial charge in [0.25, 0.3) is 0 Å². The van der Waals surface area contributed by atoms with E-state index in [1.807, 2.05) is 0 Å². The summed E-state index contributed by atoms with van der Waals surface area (Å²) >= 11 is 11.9. The van der Waals surface area contributed by atoms with Crippen LogP contribution in [-0.4, -0.2) is 5.11 Å². The van der Waals surface area contributed by atoms with Gasteiger partial charge in [0, 0.05) is 4.47 Å². The van der Waals surface area contributed by atoms with Crippen LogP contribution in [0.5, 0.6) is 5.75 Å². The summed E-state index contributed by atoms with van der Waals surface area (Å²) in [5, 5.41) is 9.52. The standard InChI is InChI=1S/C6H3Br2ClO/c7-3-1-2-4(9)6(10)5(3)8/h1-2,10H. The first-order chi connectivity index (χ1) is 4.63. The molecule has 0 aromatic heterocycles. The number of phenols is 1. The fourth-order valence-electron chi connectivity index (χ4n) is 0.516. The highest BCUT2D eigenvalue weighted by Gasteiger charge is 2.05. The molecule has 0 fully saturated rings. The van der Waals surface area contributed by atoms with E-state index in [9.17, 15) is 5.11 Å². The highest BCUT2D eigenvalue weighted by atomic mass is 79.9. The number of rotatable bonds is 0. The van der Waals surface area contributed by atoms with Gasteiger partial charge in [-0.15, -0.1) is 0 Å². The van der Waals surface area contributed by atoms with Crippen molar-refractivity contribution < 1.29 is 5.11 Å². The molecule has 0 radical (unpaired) electrons. The molecule has 1 aromatic rings. The Hall–Kier alpha value is 0.270. The third-order valence-corrected chi connectivity index (χ3v) is 3.32. The molecule has 4 heteroatoms. The summed E-state index contributed by atoms with van der Waals surface area (Å²) < 4.78 is 1.37. The van der Waals surface area contributed by atoms with Gasteiger partial charge in [0.05, 0.1) is 9.50 Å². The fraction of sp³-hybridized carbons (Fsp3) is 0. The van der Waals surface area contributed by atoms with E-state index in [0.29, 0.717) is 9.50 Å². The molecule has 0 saturated carbocycles. The molecule has 0 unspecified atom stereocenters. The van der Waals surface area contributed by atoms with E-state index < -0.39 is 0 Å². The molecule has 1 nitrogen and oxygen atoms in total. The number of halogens is 3. The van der Waals surface area contributed by atoms with Crippen LogP contribution in [-0.2, 0) is 0 Å². The molecule has 54 valence electrons. The number of hydrogen-bond acceptors (Lipinski definition) is 1. The Bertz CT molecular complexity index is 235. The monoisotopic (exact) mass is 284 g/mol. The summed E-state index contributed by atoms with van der Waals surface area (Å²) in [6.07, 6.45) is 0. The average Bonchev–Trinajstić information content (AvgIpc) is 1.93. The van der Waals surface area contributed by atoms with Crippen molar-refractivity contribution in [3.05, 3.63) is 26.1 Å². The minimum atomic E-state index is 0.0658. The van der Waals surface area contributed by atoms with Crippen molar-refractivity contribution in [2.24, 2.45) is 0 Å². The molecule has 10 heavy (non-hydrogen) atoms. The average molecular weight is 286 g/mol. The maximum Gasteiger partial charge on any atom is 0.149 e. The maximum atomic E-state index is 9.18. The zero-order valence-electron chi connectivity index (χ0n) is 4.74. The number of aromatic hydroxyl groups is 1. The smallest absolute Gasteiger partial charge is 0.149 e. The van der Waals surface area contributed by atoms with Crippen LogP contribution >= 0.6 is 43.5 Å². The van der Waals surface area contributed by atoms with Gasteiger partial charge in [0.15, 0.2) is 0 Å². The lowest BCUT2D eigenvalue weighted by atomic mass is 10.3. The van der Waals surface area contributed by atoms with E-state index in [0.717, 1.165) is 4.47 Å². The van der Waals surface area contributed by atoms with Gasteiger partial charge in [-0.25, -0.2) is 0 Å². The Morgan fingerprint density at radius 1 is 1.30 bits per heavy atom. The number of phenolic OH excluding ortho intramolecular Hbond substituents is 1. The van der Waals surface area contributed by atoms with E-state index >= 15 is 0 Å². The molecule has 0 heterocycles. The van der Waals surface area contributed by atoms with Crippen molar-refractivity contribution in [1.29, 1.82) is 0 Å². The normalized spacial score (nSPS) is 9.90. The lowest BCUT2D eigenvalue weighted by Crippen LogP contribution is -1.72. The van der Waals surface area contributed by atoms with E-state index in [1.54, 1.807) is 12.1 Å². The van der Waals surface area contributed by atoms with E-state index in [-0.39, 0.29) is 5.75 Å². The Morgan fingerprint density at radius 3 is 2.40 bits per heavy atom. The molecule has 0 amide bonds. The topological polar surface area (TPSA) is 20.2 Å². The van der Waals surface area contributed by atoms with Crippen LogP contribution in [0.2, 0.25) is 5.02 Å². The number of benzene rings is 1. The number of hydrogen-bond donors (Lipinski definition) is 1. The van der Waals surface area contributed by atoms with Gasteiger partial charge in [0.1, 0.15) is 5.75 Å². The quantitative estimate of drug-likeness (QED) is 0.723. The predicted octanol–water partition coefficient (Wildman–Crippen LogP) is 3.57. The molecule has 0 aliphatic carbocycles. The molecule has 0 aliphatic heterocycles. The minimum absolute atomic E-state index is 0.0658. The van der Waals surface area contributed by atoms with Gasteiger partial charge in [-0.2, -0.15) is 0 Å². The second-order valence-electron chi connectivity index (χ2n) is 1.69. The summed E-state index contributed by atoms with van der Waals surface area (Å²) in [7, 11) is 0. The van der Waals surface area contributed by atoms with E-state index in [2.05, 4.69) is 31.9 Å². The van der Waals surface area contributed by atoms with Crippen molar-refractivity contribution in [1.82, 2.24) is 0 Å². The molecule has 1 N–H and O–H groups in total. The first-order valence-corrected chi connectivity index (χ1v) is 4.42. The summed E-state index contributed by atoms with van der Waals surface area (Å²) in [5.41, 5.74) is 0. The van der Waals surface area contributed by atoms with Gasteiger partial charge in [-0.1, -0.05) is 11.6 Å². The Morgan fingerprint density at radius 2 is 1.90 bits per heavy atom. The summed E-state index contributed by atoms with van der Waals surface area (Å²) in [6.45, 7) is 0. The van der Waals surface area contributed by atoms with Crippen LogP contribution < -0.4 is 0 Å². The largest absolute Gasteiger partial charge is 0.505 e. The Balaban J connectivity index is 3.34. The third-order valence-electron chi connectivity index (χ3n) is 1.02. The third kappa shape index (κ3) is 1.47. The fourth-order valence-corrected chi connectivity index (χ4v) is 1.45. The zero-order valence-corrected chi connectivity index (χ0v) is 8.66. The van der Waals surface area contributed by atoms with Crippen LogP contribution in [0, 0.1) is 0 Å². The lowest BCUT2D eigenvalue weighted by molar-refractivity contribution is 0.471. The van der Waals surface area contributed by atoms with Crippen molar-refractivity contribution in [3.63, 3.8) is 0 Å². The lowest BCUT2D eigenvalue weighted by Gasteiger charge is -2.00. The van der Waals surface area contributed by atoms with Gasteiger partial charge in [-0.05, 0) is 44.0 Å². The van der Waals surface area contributed by atoms with Gasteiger partial charge < -0.3 is 5.11 Å². The van der Waals surface area contributed by atoms with Crippen LogP contribution in [0.25, 0.3) is 0 Å². The van der Waals surface area contributed by atoms with Gasteiger partial charge in [-0.3, -0.25) is 0 Å². The van der Waals surface area contributed by atoms with Crippen molar-refractivity contribution in [2.45, 2.75) is 0 Å². The van der Waals surface area contributed by atoms with Gasteiger partial charge >= 0.3 is 0 Å². The van der Waals surface area contributed by atoms with Crippen molar-refractivity contribution in [2.75, 3.05) is 0 Å². The molecule has 0 saturated heterocycles. The summed E-state index contributed by atoms with van der Waals surface area (Å²) in [6, 6.07) is 3.37. The highest BCUT2D eigenvalue weighted by molar-refractivity contribution is 9.13. The Labute approximate surface area is 80.3 Å². The van der Waals surface area contributed by atoms with Crippen LogP contribution in [0.3, 0.4) is 0 Å². The molecule has 0 atom stereocenters. The molecule has 1 rings (SSSR count). The predicted molar refractivity (Wildman–Crippen MR) is 48.5 cm³/mol. The van der Waals surface area contributed by atoms with Crippen molar-refractivity contribution >= 4 is 43.5 Å². The molecular weight excluding hydrogens is 283 g/mol. The van der Waals surface area contributed by atoms with E-state index in [1.165, 1.54) is 0 Å². The molecule has 0 spiro atoms.